The number of nitrogens with zero attached hydrogens (tertiary/aromatic N) is 3. The molecule has 19 heavy (non-hydrogen) atoms. The van der Waals surface area contributed by atoms with Gasteiger partial charge in [0.05, 0.1) is 0 Å². The summed E-state index contributed by atoms with van der Waals surface area (Å²) in [5, 5.41) is 9.80. The summed E-state index contributed by atoms with van der Waals surface area (Å²) in [6.45, 7) is 1.92. The lowest BCUT2D eigenvalue weighted by Gasteiger charge is -2.11. The van der Waals surface area contributed by atoms with Crippen molar-refractivity contribution in [3.05, 3.63) is 44.9 Å². The Balaban J connectivity index is 2.22. The number of benzene rings is 1. The van der Waals surface area contributed by atoms with E-state index in [1.807, 2.05) is 13.0 Å². The Morgan fingerprint density at radius 1 is 1.37 bits per heavy atom. The summed E-state index contributed by atoms with van der Waals surface area (Å²) in [5.74, 6) is 0.746. The SMILES string of the molecule is Cc1cc(Cl)ccc1OCn1c(C#N)nc(Cl)c1Cl. The molecule has 0 spiro atoms. The zero-order valence-electron chi connectivity index (χ0n) is 9.82. The maximum Gasteiger partial charge on any atom is 0.218 e. The van der Waals surface area contributed by atoms with Gasteiger partial charge in [0.2, 0.25) is 5.82 Å². The highest BCUT2D eigenvalue weighted by Crippen LogP contribution is 2.25. The number of nitriles is 1. The van der Waals surface area contributed by atoms with Gasteiger partial charge >= 0.3 is 0 Å². The van der Waals surface area contributed by atoms with Gasteiger partial charge in [0, 0.05) is 5.02 Å². The third-order valence-electron chi connectivity index (χ3n) is 2.45. The molecule has 0 saturated carbocycles. The number of hydrogen-bond acceptors (Lipinski definition) is 3. The van der Waals surface area contributed by atoms with Crippen LogP contribution in [0.25, 0.3) is 0 Å². The molecular formula is C12H8Cl3N3O. The van der Waals surface area contributed by atoms with Gasteiger partial charge in [-0.15, -0.1) is 0 Å². The molecule has 1 heterocycles. The largest absolute Gasteiger partial charge is 0.472 e. The molecule has 0 atom stereocenters. The molecule has 7 heteroatoms. The number of halogens is 3. The Morgan fingerprint density at radius 2 is 2.11 bits per heavy atom. The Kier molecular flexibility index (Phi) is 4.20. The first-order valence-electron chi connectivity index (χ1n) is 5.23. The number of aromatic nitrogens is 2. The van der Waals surface area contributed by atoms with Crippen LogP contribution in [-0.2, 0) is 6.73 Å². The Labute approximate surface area is 125 Å². The van der Waals surface area contributed by atoms with Gasteiger partial charge in [0.1, 0.15) is 11.8 Å². The zero-order valence-corrected chi connectivity index (χ0v) is 12.1. The highest BCUT2D eigenvalue weighted by Gasteiger charge is 2.14. The predicted molar refractivity (Wildman–Crippen MR) is 73.8 cm³/mol. The molecule has 0 saturated heterocycles. The number of ether oxygens (including phenoxy) is 1. The van der Waals surface area contributed by atoms with Crippen molar-refractivity contribution in [2.45, 2.75) is 13.7 Å². The average Bonchev–Trinajstić information content (AvgIpc) is 2.65. The van der Waals surface area contributed by atoms with Crippen molar-refractivity contribution in [2.24, 2.45) is 0 Å². The van der Waals surface area contributed by atoms with Crippen molar-refractivity contribution in [2.75, 3.05) is 0 Å². The molecule has 0 unspecified atom stereocenters. The van der Waals surface area contributed by atoms with Crippen molar-refractivity contribution in [1.29, 1.82) is 5.26 Å². The first-order chi connectivity index (χ1) is 9.02. The van der Waals surface area contributed by atoms with Crippen LogP contribution in [0.15, 0.2) is 18.2 Å². The Bertz CT molecular complexity index is 661. The van der Waals surface area contributed by atoms with E-state index >= 15 is 0 Å². The topological polar surface area (TPSA) is 50.8 Å². The minimum absolute atomic E-state index is 0.0456. The van der Waals surface area contributed by atoms with E-state index in [0.717, 1.165) is 5.56 Å². The third kappa shape index (κ3) is 2.95. The summed E-state index contributed by atoms with van der Waals surface area (Å²) in [6, 6.07) is 7.15. The van der Waals surface area contributed by atoms with Crippen LogP contribution >= 0.6 is 34.8 Å². The molecule has 98 valence electrons. The summed E-state index contributed by atoms with van der Waals surface area (Å²) in [4.78, 5) is 3.81. The Hall–Kier alpha value is -1.41. The zero-order chi connectivity index (χ0) is 14.0. The number of aryl methyl sites for hydroxylation is 1. The van der Waals surface area contributed by atoms with Crippen molar-refractivity contribution in [3.63, 3.8) is 0 Å². The second-order valence-corrected chi connectivity index (χ2v) is 4.89. The Morgan fingerprint density at radius 3 is 2.74 bits per heavy atom. The minimum atomic E-state index is 0.0456. The van der Waals surface area contributed by atoms with Gasteiger partial charge in [-0.25, -0.2) is 4.98 Å². The lowest BCUT2D eigenvalue weighted by molar-refractivity contribution is 0.234. The molecule has 2 rings (SSSR count). The van der Waals surface area contributed by atoms with Crippen molar-refractivity contribution >= 4 is 34.8 Å². The fourth-order valence-electron chi connectivity index (χ4n) is 1.52. The van der Waals surface area contributed by atoms with Gasteiger partial charge < -0.3 is 4.74 Å². The highest BCUT2D eigenvalue weighted by atomic mass is 35.5. The van der Waals surface area contributed by atoms with Gasteiger partial charge in [-0.3, -0.25) is 4.57 Å². The molecule has 1 aromatic carbocycles. The van der Waals surface area contributed by atoms with Crippen molar-refractivity contribution in [1.82, 2.24) is 9.55 Å². The lowest BCUT2D eigenvalue weighted by atomic mass is 10.2. The van der Waals surface area contributed by atoms with E-state index in [1.165, 1.54) is 4.57 Å². The summed E-state index contributed by atoms with van der Waals surface area (Å²) in [6.07, 6.45) is 0. The van der Waals surface area contributed by atoms with E-state index < -0.39 is 0 Å². The van der Waals surface area contributed by atoms with Crippen LogP contribution in [0.3, 0.4) is 0 Å². The average molecular weight is 317 g/mol. The standard InChI is InChI=1S/C12H8Cl3N3O/c1-7-4-8(13)2-3-9(7)19-6-18-10(5-16)17-11(14)12(18)15/h2-4H,6H2,1H3. The van der Waals surface area contributed by atoms with E-state index in [1.54, 1.807) is 18.2 Å². The molecule has 0 N–H and O–H groups in total. The predicted octanol–water partition coefficient (Wildman–Crippen LogP) is 4.06. The van der Waals surface area contributed by atoms with Crippen LogP contribution in [0, 0.1) is 18.3 Å². The van der Waals surface area contributed by atoms with Crippen LogP contribution in [-0.4, -0.2) is 9.55 Å². The first-order valence-corrected chi connectivity index (χ1v) is 6.37. The molecule has 0 aliphatic heterocycles. The molecule has 2 aromatic rings. The summed E-state index contributed by atoms with van der Waals surface area (Å²) in [7, 11) is 0. The molecule has 4 nitrogen and oxygen atoms in total. The van der Waals surface area contributed by atoms with Gasteiger partial charge in [0.15, 0.2) is 17.0 Å². The van der Waals surface area contributed by atoms with Crippen LogP contribution in [0.5, 0.6) is 5.75 Å². The van der Waals surface area contributed by atoms with Gasteiger partial charge in [-0.1, -0.05) is 34.8 Å². The van der Waals surface area contributed by atoms with E-state index in [4.69, 9.17) is 44.8 Å². The van der Waals surface area contributed by atoms with E-state index in [9.17, 15) is 0 Å². The summed E-state index contributed by atoms with van der Waals surface area (Å²) in [5.41, 5.74) is 0.883. The van der Waals surface area contributed by atoms with E-state index in [-0.39, 0.29) is 22.9 Å². The normalized spacial score (nSPS) is 10.3. The summed E-state index contributed by atoms with van der Waals surface area (Å²) >= 11 is 17.6. The van der Waals surface area contributed by atoms with Gasteiger partial charge in [-0.05, 0) is 30.7 Å². The van der Waals surface area contributed by atoms with E-state index in [0.29, 0.717) is 10.8 Å². The van der Waals surface area contributed by atoms with E-state index in [2.05, 4.69) is 4.98 Å². The fourth-order valence-corrected chi connectivity index (χ4v) is 2.10. The third-order valence-corrected chi connectivity index (χ3v) is 3.43. The molecular weight excluding hydrogens is 309 g/mol. The molecule has 0 aliphatic carbocycles. The molecule has 0 radical (unpaired) electrons. The van der Waals surface area contributed by atoms with Crippen LogP contribution in [0.1, 0.15) is 11.4 Å². The quantitative estimate of drug-likeness (QED) is 0.858. The lowest BCUT2D eigenvalue weighted by Crippen LogP contribution is -2.08. The number of hydrogen-bond donors (Lipinski definition) is 0. The van der Waals surface area contributed by atoms with Gasteiger partial charge in [0.25, 0.3) is 0 Å². The second kappa shape index (κ2) is 5.70. The number of rotatable bonds is 3. The smallest absolute Gasteiger partial charge is 0.218 e. The second-order valence-electron chi connectivity index (χ2n) is 3.74. The first kappa shape index (κ1) is 14.0. The maximum absolute atomic E-state index is 8.92. The number of imidazole rings is 1. The van der Waals surface area contributed by atoms with Crippen LogP contribution in [0.4, 0.5) is 0 Å². The maximum atomic E-state index is 8.92. The minimum Gasteiger partial charge on any atom is -0.472 e. The molecule has 0 fully saturated rings. The molecule has 0 aliphatic rings. The molecule has 0 amide bonds. The van der Waals surface area contributed by atoms with Crippen LogP contribution < -0.4 is 4.74 Å². The van der Waals surface area contributed by atoms with Gasteiger partial charge in [-0.2, -0.15) is 5.26 Å². The monoisotopic (exact) mass is 315 g/mol. The van der Waals surface area contributed by atoms with Crippen molar-refractivity contribution < 1.29 is 4.74 Å². The molecule has 1 aromatic heterocycles. The van der Waals surface area contributed by atoms with Crippen LogP contribution in [0.2, 0.25) is 15.3 Å². The molecule has 0 bridgehead atoms. The fraction of sp³-hybridized carbons (Fsp3) is 0.167. The highest BCUT2D eigenvalue weighted by molar-refractivity contribution is 6.40. The summed E-state index contributed by atoms with van der Waals surface area (Å²) < 4.78 is 6.97. The van der Waals surface area contributed by atoms with Crippen molar-refractivity contribution in [3.8, 4) is 11.8 Å².